The van der Waals surface area contributed by atoms with Gasteiger partial charge in [0.25, 0.3) is 0 Å². The van der Waals surface area contributed by atoms with Gasteiger partial charge in [-0.25, -0.2) is 9.59 Å². The molecule has 0 aliphatic heterocycles. The molecule has 0 saturated heterocycles. The standard InChI is InChI=1S/C23H33IN2O5/c1-23(2,3)31-22(29)26-19(16-10-6-5-7-11-16)20(27)25-18(21(28)30-4)14-15-9-8-12-17(24)13-15/h8-9,12-13,16,18-19H,5-7,10-11,14H2,1-4H3,(H,25,27)(H,26,29)/t18-,19-/m0/s1. The third-order valence-electron chi connectivity index (χ3n) is 5.21. The molecule has 1 saturated carbocycles. The van der Waals surface area contributed by atoms with Crippen LogP contribution < -0.4 is 10.6 Å². The number of rotatable bonds is 7. The van der Waals surface area contributed by atoms with Gasteiger partial charge in [0.1, 0.15) is 17.7 Å². The number of benzene rings is 1. The minimum atomic E-state index is -0.845. The van der Waals surface area contributed by atoms with Gasteiger partial charge in [-0.3, -0.25) is 4.79 Å². The molecule has 31 heavy (non-hydrogen) atoms. The fourth-order valence-electron chi connectivity index (χ4n) is 3.80. The summed E-state index contributed by atoms with van der Waals surface area (Å²) >= 11 is 2.20. The Morgan fingerprint density at radius 2 is 1.81 bits per heavy atom. The van der Waals surface area contributed by atoms with Gasteiger partial charge in [0, 0.05) is 9.99 Å². The first kappa shape index (κ1) is 25.4. The Bertz CT molecular complexity index is 771. The van der Waals surface area contributed by atoms with Crippen LogP contribution in [0.5, 0.6) is 0 Å². The van der Waals surface area contributed by atoms with Gasteiger partial charge >= 0.3 is 12.1 Å². The molecule has 1 aliphatic carbocycles. The van der Waals surface area contributed by atoms with Gasteiger partial charge in [-0.1, -0.05) is 31.4 Å². The maximum absolute atomic E-state index is 13.2. The third kappa shape index (κ3) is 8.66. The molecule has 0 spiro atoms. The van der Waals surface area contributed by atoms with E-state index in [2.05, 4.69) is 33.2 Å². The Kier molecular flexibility index (Phi) is 9.58. The van der Waals surface area contributed by atoms with Crippen molar-refractivity contribution in [2.75, 3.05) is 7.11 Å². The largest absolute Gasteiger partial charge is 0.467 e. The number of carbonyl (C=O) groups excluding carboxylic acids is 3. The summed E-state index contributed by atoms with van der Waals surface area (Å²) < 4.78 is 11.3. The highest BCUT2D eigenvalue weighted by molar-refractivity contribution is 14.1. The normalized spacial score (nSPS) is 16.7. The van der Waals surface area contributed by atoms with Crippen LogP contribution in [0.25, 0.3) is 0 Å². The van der Waals surface area contributed by atoms with Crippen molar-refractivity contribution in [2.45, 2.75) is 77.0 Å². The highest BCUT2D eigenvalue weighted by Gasteiger charge is 2.34. The molecule has 0 bridgehead atoms. The zero-order chi connectivity index (χ0) is 23.0. The lowest BCUT2D eigenvalue weighted by Gasteiger charge is -2.31. The molecular formula is C23H33IN2O5. The molecule has 0 radical (unpaired) electrons. The van der Waals surface area contributed by atoms with Gasteiger partial charge in [0.05, 0.1) is 7.11 Å². The molecule has 0 unspecified atom stereocenters. The highest BCUT2D eigenvalue weighted by Crippen LogP contribution is 2.27. The summed E-state index contributed by atoms with van der Waals surface area (Å²) in [7, 11) is 1.30. The molecule has 172 valence electrons. The minimum absolute atomic E-state index is 0.00256. The maximum atomic E-state index is 13.2. The SMILES string of the molecule is COC(=O)[C@H](Cc1cccc(I)c1)NC(=O)[C@@H](NC(=O)OC(C)(C)C)C1CCCCC1. The van der Waals surface area contributed by atoms with Crippen molar-refractivity contribution < 1.29 is 23.9 Å². The molecule has 2 amide bonds. The number of nitrogens with one attached hydrogen (secondary N) is 2. The first-order valence-corrected chi connectivity index (χ1v) is 11.8. The number of halogens is 1. The van der Waals surface area contributed by atoms with Gasteiger partial charge < -0.3 is 20.1 Å². The zero-order valence-electron chi connectivity index (χ0n) is 18.7. The molecule has 1 aliphatic rings. The number of hydrogen-bond donors (Lipinski definition) is 2. The van der Waals surface area contributed by atoms with Crippen molar-refractivity contribution in [1.82, 2.24) is 10.6 Å². The third-order valence-corrected chi connectivity index (χ3v) is 5.88. The van der Waals surface area contributed by atoms with Crippen LogP contribution in [-0.2, 0) is 25.5 Å². The van der Waals surface area contributed by atoms with E-state index in [1.807, 2.05) is 24.3 Å². The Balaban J connectivity index is 2.17. The van der Waals surface area contributed by atoms with Gasteiger partial charge in [0.15, 0.2) is 0 Å². The van der Waals surface area contributed by atoms with E-state index in [1.165, 1.54) is 7.11 Å². The zero-order valence-corrected chi connectivity index (χ0v) is 20.9. The smallest absolute Gasteiger partial charge is 0.408 e. The lowest BCUT2D eigenvalue weighted by Crippen LogP contribution is -2.56. The van der Waals surface area contributed by atoms with Gasteiger partial charge in [-0.05, 0) is 79.8 Å². The first-order chi connectivity index (χ1) is 14.6. The lowest BCUT2D eigenvalue weighted by molar-refractivity contribution is -0.145. The summed E-state index contributed by atoms with van der Waals surface area (Å²) in [4.78, 5) is 38.1. The van der Waals surface area contributed by atoms with Crippen molar-refractivity contribution >= 4 is 40.6 Å². The van der Waals surface area contributed by atoms with E-state index in [-0.39, 0.29) is 5.92 Å². The van der Waals surface area contributed by atoms with E-state index in [9.17, 15) is 14.4 Å². The van der Waals surface area contributed by atoms with E-state index in [0.717, 1.165) is 41.2 Å². The average Bonchev–Trinajstić information content (AvgIpc) is 2.70. The van der Waals surface area contributed by atoms with E-state index in [0.29, 0.717) is 6.42 Å². The van der Waals surface area contributed by atoms with Crippen LogP contribution in [0.4, 0.5) is 4.79 Å². The molecule has 0 heterocycles. The molecular weight excluding hydrogens is 511 g/mol. The van der Waals surface area contributed by atoms with Crippen LogP contribution in [0, 0.1) is 9.49 Å². The molecule has 8 heteroatoms. The second-order valence-corrected chi connectivity index (χ2v) is 10.2. The molecule has 2 N–H and O–H groups in total. The first-order valence-electron chi connectivity index (χ1n) is 10.7. The molecule has 7 nitrogen and oxygen atoms in total. The quantitative estimate of drug-likeness (QED) is 0.401. The number of methoxy groups -OCH3 is 1. The predicted molar refractivity (Wildman–Crippen MR) is 127 cm³/mol. The fraction of sp³-hybridized carbons (Fsp3) is 0.609. The summed E-state index contributed by atoms with van der Waals surface area (Å²) in [5.74, 6) is -0.914. The molecule has 0 aromatic heterocycles. The highest BCUT2D eigenvalue weighted by atomic mass is 127. The number of esters is 1. The molecule has 2 atom stereocenters. The summed E-state index contributed by atoms with van der Waals surface area (Å²) in [5, 5.41) is 5.57. The maximum Gasteiger partial charge on any atom is 0.408 e. The number of ether oxygens (including phenoxy) is 2. The number of hydrogen-bond acceptors (Lipinski definition) is 5. The summed E-state index contributed by atoms with van der Waals surface area (Å²) in [6.45, 7) is 5.32. The Labute approximate surface area is 198 Å². The van der Waals surface area contributed by atoms with Gasteiger partial charge in [-0.2, -0.15) is 0 Å². The average molecular weight is 544 g/mol. The Morgan fingerprint density at radius 1 is 1.13 bits per heavy atom. The topological polar surface area (TPSA) is 93.7 Å². The van der Waals surface area contributed by atoms with Crippen LogP contribution in [0.2, 0.25) is 0 Å². The van der Waals surface area contributed by atoms with Crippen LogP contribution in [0.1, 0.15) is 58.4 Å². The van der Waals surface area contributed by atoms with Crippen molar-refractivity contribution in [3.8, 4) is 0 Å². The minimum Gasteiger partial charge on any atom is -0.467 e. The van der Waals surface area contributed by atoms with Crippen molar-refractivity contribution in [3.63, 3.8) is 0 Å². The van der Waals surface area contributed by atoms with Crippen molar-refractivity contribution in [1.29, 1.82) is 0 Å². The Morgan fingerprint density at radius 3 is 2.39 bits per heavy atom. The lowest BCUT2D eigenvalue weighted by atomic mass is 9.83. The van der Waals surface area contributed by atoms with Crippen LogP contribution >= 0.6 is 22.6 Å². The van der Waals surface area contributed by atoms with Crippen LogP contribution in [-0.4, -0.2) is 42.8 Å². The second-order valence-electron chi connectivity index (χ2n) is 8.94. The van der Waals surface area contributed by atoms with Crippen LogP contribution in [0.15, 0.2) is 24.3 Å². The molecule has 1 aromatic carbocycles. The van der Waals surface area contributed by atoms with Gasteiger partial charge in [-0.15, -0.1) is 0 Å². The molecule has 1 aromatic rings. The molecule has 2 rings (SSSR count). The number of amides is 2. The summed E-state index contributed by atoms with van der Waals surface area (Å²) in [6, 6.07) is 6.12. The van der Waals surface area contributed by atoms with E-state index >= 15 is 0 Å². The molecule has 1 fully saturated rings. The fourth-order valence-corrected chi connectivity index (χ4v) is 4.40. The number of alkyl carbamates (subject to hydrolysis) is 1. The van der Waals surface area contributed by atoms with Crippen molar-refractivity contribution in [2.24, 2.45) is 5.92 Å². The Hall–Kier alpha value is -1.84. The predicted octanol–water partition coefficient (Wildman–Crippen LogP) is 3.97. The number of carbonyl (C=O) groups is 3. The van der Waals surface area contributed by atoms with E-state index < -0.39 is 35.7 Å². The van der Waals surface area contributed by atoms with E-state index in [1.54, 1.807) is 20.8 Å². The van der Waals surface area contributed by atoms with Crippen molar-refractivity contribution in [3.05, 3.63) is 33.4 Å². The summed E-state index contributed by atoms with van der Waals surface area (Å²) in [6.07, 6.45) is 4.49. The van der Waals surface area contributed by atoms with Gasteiger partial charge in [0.2, 0.25) is 5.91 Å². The summed E-state index contributed by atoms with van der Waals surface area (Å²) in [5.41, 5.74) is 0.244. The van der Waals surface area contributed by atoms with E-state index in [4.69, 9.17) is 9.47 Å². The van der Waals surface area contributed by atoms with Crippen LogP contribution in [0.3, 0.4) is 0 Å². The monoisotopic (exact) mass is 544 g/mol. The second kappa shape index (κ2) is 11.7.